The van der Waals surface area contributed by atoms with Crippen LogP contribution in [0.15, 0.2) is 27.3 Å². The third kappa shape index (κ3) is 2.00. The van der Waals surface area contributed by atoms with Gasteiger partial charge in [-0.2, -0.15) is 16.7 Å². The Morgan fingerprint density at radius 3 is 3.09 bits per heavy atom. The molecular formula is C13H12N4O4S. The molecule has 3 amide bonds. The molecule has 0 aromatic carbocycles. The molecule has 22 heavy (non-hydrogen) atoms. The number of nitrogens with zero attached hydrogens (tertiary/aromatic N) is 3. The van der Waals surface area contributed by atoms with Crippen LogP contribution in [0.3, 0.4) is 0 Å². The lowest BCUT2D eigenvalue weighted by Crippen LogP contribution is -2.46. The van der Waals surface area contributed by atoms with Crippen LogP contribution in [0.2, 0.25) is 0 Å². The zero-order valence-electron chi connectivity index (χ0n) is 11.4. The molecule has 4 heterocycles. The van der Waals surface area contributed by atoms with Gasteiger partial charge in [-0.1, -0.05) is 5.16 Å². The molecular weight excluding hydrogens is 308 g/mol. The maximum Gasteiger partial charge on any atom is 0.325 e. The normalized spacial score (nSPS) is 24.5. The Morgan fingerprint density at radius 1 is 1.45 bits per heavy atom. The van der Waals surface area contributed by atoms with Gasteiger partial charge >= 0.3 is 6.03 Å². The number of urea groups is 1. The number of aromatic nitrogens is 2. The van der Waals surface area contributed by atoms with E-state index in [1.807, 2.05) is 0 Å². The first-order chi connectivity index (χ1) is 10.7. The van der Waals surface area contributed by atoms with Gasteiger partial charge in [0.05, 0.1) is 12.8 Å². The van der Waals surface area contributed by atoms with Crippen LogP contribution in [0, 0.1) is 0 Å². The number of rotatable bonds is 3. The fourth-order valence-electron chi connectivity index (χ4n) is 2.61. The van der Waals surface area contributed by atoms with E-state index in [1.165, 1.54) is 6.26 Å². The first-order valence-corrected chi connectivity index (χ1v) is 7.92. The number of carbonyl (C=O) groups is 2. The van der Waals surface area contributed by atoms with Crippen molar-refractivity contribution in [1.82, 2.24) is 20.4 Å². The zero-order valence-corrected chi connectivity index (χ0v) is 12.3. The predicted molar refractivity (Wildman–Crippen MR) is 75.8 cm³/mol. The molecule has 0 aliphatic carbocycles. The second kappa shape index (κ2) is 4.87. The third-order valence-electron chi connectivity index (χ3n) is 3.77. The molecule has 2 aliphatic heterocycles. The Hall–Kier alpha value is -2.29. The summed E-state index contributed by atoms with van der Waals surface area (Å²) in [7, 11) is 0. The molecule has 2 fully saturated rings. The van der Waals surface area contributed by atoms with Crippen molar-refractivity contribution in [2.45, 2.75) is 18.5 Å². The van der Waals surface area contributed by atoms with E-state index in [-0.39, 0.29) is 24.2 Å². The van der Waals surface area contributed by atoms with E-state index in [0.29, 0.717) is 17.9 Å². The summed E-state index contributed by atoms with van der Waals surface area (Å²) in [5.41, 5.74) is -0.755. The molecule has 0 bridgehead atoms. The minimum absolute atomic E-state index is 0.0126. The SMILES string of the molecule is O=C1N[C@]2(CCSC2)C(=O)N1Cc1noc(-c2ccco2)n1. The number of amides is 3. The van der Waals surface area contributed by atoms with Crippen LogP contribution < -0.4 is 5.32 Å². The monoisotopic (exact) mass is 320 g/mol. The summed E-state index contributed by atoms with van der Waals surface area (Å²) >= 11 is 1.66. The smallest absolute Gasteiger partial charge is 0.325 e. The number of carbonyl (C=O) groups excluding carboxylic acids is 2. The van der Waals surface area contributed by atoms with Crippen molar-refractivity contribution in [3.63, 3.8) is 0 Å². The highest BCUT2D eigenvalue weighted by atomic mass is 32.2. The van der Waals surface area contributed by atoms with Crippen molar-refractivity contribution in [1.29, 1.82) is 0 Å². The zero-order chi connectivity index (χ0) is 15.2. The summed E-state index contributed by atoms with van der Waals surface area (Å²) in [6.07, 6.45) is 2.15. The summed E-state index contributed by atoms with van der Waals surface area (Å²) in [5.74, 6) is 2.19. The molecule has 2 aliphatic rings. The number of hydrogen-bond donors (Lipinski definition) is 1. The maximum absolute atomic E-state index is 12.5. The second-order valence-electron chi connectivity index (χ2n) is 5.20. The average Bonchev–Trinajstić information content (AvgIpc) is 3.25. The molecule has 2 saturated heterocycles. The molecule has 0 unspecified atom stereocenters. The van der Waals surface area contributed by atoms with Crippen molar-refractivity contribution < 1.29 is 18.5 Å². The lowest BCUT2D eigenvalue weighted by atomic mass is 9.99. The lowest BCUT2D eigenvalue weighted by molar-refractivity contribution is -0.131. The number of nitrogens with one attached hydrogen (secondary N) is 1. The minimum Gasteiger partial charge on any atom is -0.459 e. The van der Waals surface area contributed by atoms with Crippen LogP contribution >= 0.6 is 11.8 Å². The van der Waals surface area contributed by atoms with Crippen molar-refractivity contribution in [2.24, 2.45) is 0 Å². The largest absolute Gasteiger partial charge is 0.459 e. The number of furan rings is 1. The fraction of sp³-hybridized carbons (Fsp3) is 0.385. The molecule has 2 aromatic heterocycles. The molecule has 2 aromatic rings. The minimum atomic E-state index is -0.755. The predicted octanol–water partition coefficient (Wildman–Crippen LogP) is 1.26. The van der Waals surface area contributed by atoms with Gasteiger partial charge < -0.3 is 14.3 Å². The van der Waals surface area contributed by atoms with Crippen LogP contribution in [0.25, 0.3) is 11.7 Å². The van der Waals surface area contributed by atoms with Gasteiger partial charge in [0.15, 0.2) is 11.6 Å². The molecule has 1 atom stereocenters. The van der Waals surface area contributed by atoms with Crippen molar-refractivity contribution in [3.05, 3.63) is 24.2 Å². The van der Waals surface area contributed by atoms with E-state index in [1.54, 1.807) is 23.9 Å². The molecule has 1 N–H and O–H groups in total. The summed E-state index contributed by atoms with van der Waals surface area (Å²) < 4.78 is 10.2. The average molecular weight is 320 g/mol. The van der Waals surface area contributed by atoms with Gasteiger partial charge in [-0.15, -0.1) is 0 Å². The Bertz CT molecular complexity index is 720. The quantitative estimate of drug-likeness (QED) is 0.849. The van der Waals surface area contributed by atoms with Gasteiger partial charge in [-0.05, 0) is 24.3 Å². The first-order valence-electron chi connectivity index (χ1n) is 6.76. The van der Waals surface area contributed by atoms with Crippen molar-refractivity contribution in [3.8, 4) is 11.7 Å². The van der Waals surface area contributed by atoms with Gasteiger partial charge in [-0.3, -0.25) is 9.69 Å². The summed E-state index contributed by atoms with van der Waals surface area (Å²) in [6.45, 7) is -0.0126. The number of imide groups is 1. The highest BCUT2D eigenvalue weighted by Crippen LogP contribution is 2.33. The fourth-order valence-corrected chi connectivity index (χ4v) is 3.94. The van der Waals surface area contributed by atoms with Crippen LogP contribution in [0.1, 0.15) is 12.2 Å². The Labute approximate surface area is 129 Å². The standard InChI is InChI=1S/C13H12N4O4S/c18-11-13(3-5-22-7-13)15-12(19)17(11)6-9-14-10(21-16-9)8-2-1-4-20-8/h1-2,4H,3,5-7H2,(H,15,19)/t13-/m0/s1. The van der Waals surface area contributed by atoms with Crippen LogP contribution in [0.5, 0.6) is 0 Å². The number of hydrogen-bond acceptors (Lipinski definition) is 7. The molecule has 0 radical (unpaired) electrons. The molecule has 4 rings (SSSR count). The molecule has 8 nitrogen and oxygen atoms in total. The van der Waals surface area contributed by atoms with E-state index in [4.69, 9.17) is 8.94 Å². The topological polar surface area (TPSA) is 101 Å². The maximum atomic E-state index is 12.5. The number of thioether (sulfide) groups is 1. The highest BCUT2D eigenvalue weighted by molar-refractivity contribution is 7.99. The second-order valence-corrected chi connectivity index (χ2v) is 6.30. The molecule has 1 spiro atoms. The molecule has 9 heteroatoms. The van der Waals surface area contributed by atoms with E-state index >= 15 is 0 Å². The summed E-state index contributed by atoms with van der Waals surface area (Å²) in [6, 6.07) is 2.99. The van der Waals surface area contributed by atoms with Crippen molar-refractivity contribution >= 4 is 23.7 Å². The van der Waals surface area contributed by atoms with Gasteiger partial charge in [0.2, 0.25) is 0 Å². The van der Waals surface area contributed by atoms with Crippen LogP contribution in [-0.2, 0) is 11.3 Å². The Balaban J connectivity index is 1.54. The van der Waals surface area contributed by atoms with Gasteiger partial charge in [0.1, 0.15) is 5.54 Å². The summed E-state index contributed by atoms with van der Waals surface area (Å²) in [4.78, 5) is 29.9. The Morgan fingerprint density at radius 2 is 2.36 bits per heavy atom. The lowest BCUT2D eigenvalue weighted by Gasteiger charge is -2.18. The van der Waals surface area contributed by atoms with E-state index < -0.39 is 11.6 Å². The van der Waals surface area contributed by atoms with Gasteiger partial charge in [0.25, 0.3) is 11.8 Å². The Kier molecular flexibility index (Phi) is 2.96. The van der Waals surface area contributed by atoms with E-state index in [2.05, 4.69) is 15.5 Å². The first kappa shape index (κ1) is 13.4. The summed E-state index contributed by atoms with van der Waals surface area (Å²) in [5, 5.41) is 6.59. The molecule has 114 valence electrons. The molecule has 0 saturated carbocycles. The van der Waals surface area contributed by atoms with Crippen LogP contribution in [0.4, 0.5) is 4.79 Å². The van der Waals surface area contributed by atoms with Gasteiger partial charge in [0, 0.05) is 5.75 Å². The van der Waals surface area contributed by atoms with Crippen molar-refractivity contribution in [2.75, 3.05) is 11.5 Å². The van der Waals surface area contributed by atoms with Crippen LogP contribution in [-0.4, -0.2) is 44.0 Å². The third-order valence-corrected chi connectivity index (χ3v) is 4.96. The van der Waals surface area contributed by atoms with Gasteiger partial charge in [-0.25, -0.2) is 4.79 Å². The van der Waals surface area contributed by atoms with E-state index in [0.717, 1.165) is 10.7 Å². The van der Waals surface area contributed by atoms with E-state index in [9.17, 15) is 9.59 Å². The highest BCUT2D eigenvalue weighted by Gasteiger charge is 2.53.